The Morgan fingerprint density at radius 1 is 1.09 bits per heavy atom. The van der Waals surface area contributed by atoms with Gasteiger partial charge in [0.15, 0.2) is 5.82 Å². The maximum atomic E-state index is 15.9. The van der Waals surface area contributed by atoms with Crippen molar-refractivity contribution in [2.45, 2.75) is 43.9 Å². The van der Waals surface area contributed by atoms with Crippen LogP contribution >= 0.6 is 0 Å². The van der Waals surface area contributed by atoms with Crippen LogP contribution < -0.4 is 16.1 Å². The zero-order chi connectivity index (χ0) is 23.7. The van der Waals surface area contributed by atoms with E-state index >= 15 is 8.78 Å². The number of nitrogens with two attached hydrogens (primary N) is 1. The first-order chi connectivity index (χ1) is 16.3. The fraction of sp³-hybridized carbons (Fsp3) is 0.360. The molecule has 3 aromatic rings. The molecule has 3 N–H and O–H groups in total. The third-order valence-corrected chi connectivity index (χ3v) is 7.36. The van der Waals surface area contributed by atoms with Crippen molar-refractivity contribution in [2.75, 3.05) is 23.7 Å². The summed E-state index contributed by atoms with van der Waals surface area (Å²) in [5.41, 5.74) is 6.16. The number of piperazine rings is 1. The summed E-state index contributed by atoms with van der Waals surface area (Å²) in [6.07, 6.45) is 3.54. The second-order valence-corrected chi connectivity index (χ2v) is 9.60. The van der Waals surface area contributed by atoms with Crippen LogP contribution in [0.25, 0.3) is 10.9 Å². The van der Waals surface area contributed by atoms with Crippen LogP contribution in [0.1, 0.15) is 41.2 Å². The van der Waals surface area contributed by atoms with Crippen molar-refractivity contribution in [3.05, 3.63) is 69.5 Å². The molecule has 2 atom stereocenters. The highest BCUT2D eigenvalue weighted by Gasteiger charge is 2.45. The third kappa shape index (κ3) is 3.26. The van der Waals surface area contributed by atoms with Crippen molar-refractivity contribution in [3.63, 3.8) is 0 Å². The van der Waals surface area contributed by atoms with Gasteiger partial charge in [0, 0.05) is 49.6 Å². The van der Waals surface area contributed by atoms with Crippen LogP contribution in [0.4, 0.5) is 20.2 Å². The van der Waals surface area contributed by atoms with Gasteiger partial charge in [-0.1, -0.05) is 12.1 Å². The number of pyridine rings is 1. The Labute approximate surface area is 194 Å². The van der Waals surface area contributed by atoms with Gasteiger partial charge < -0.3 is 20.3 Å². The van der Waals surface area contributed by atoms with Gasteiger partial charge in [0.25, 0.3) is 0 Å². The number of aromatic carboxylic acids is 1. The summed E-state index contributed by atoms with van der Waals surface area (Å²) in [5, 5.41) is 9.19. The number of nitrogen functional groups attached to an aromatic ring is 1. The quantitative estimate of drug-likeness (QED) is 0.561. The number of likely N-dealkylation sites (tertiary alicyclic amines) is 1. The molecule has 1 aromatic heterocycles. The molecule has 1 aliphatic carbocycles. The fourth-order valence-electron chi connectivity index (χ4n) is 5.56. The van der Waals surface area contributed by atoms with Gasteiger partial charge in [0.2, 0.25) is 5.43 Å². The van der Waals surface area contributed by atoms with E-state index in [2.05, 4.69) is 4.90 Å². The van der Waals surface area contributed by atoms with E-state index in [0.29, 0.717) is 18.8 Å². The first-order valence-corrected chi connectivity index (χ1v) is 11.5. The number of rotatable bonds is 5. The van der Waals surface area contributed by atoms with E-state index in [1.54, 1.807) is 4.90 Å². The van der Waals surface area contributed by atoms with E-state index < -0.39 is 28.6 Å². The highest BCUT2D eigenvalue weighted by Crippen LogP contribution is 2.42. The third-order valence-electron chi connectivity index (χ3n) is 7.36. The molecule has 3 heterocycles. The lowest BCUT2D eigenvalue weighted by atomic mass is 10.1. The number of nitrogens with zero attached hydrogens (tertiary/aromatic N) is 3. The molecule has 2 aliphatic heterocycles. The number of halogens is 2. The topological polar surface area (TPSA) is 91.8 Å². The molecule has 0 amide bonds. The van der Waals surface area contributed by atoms with Crippen molar-refractivity contribution < 1.29 is 18.7 Å². The number of fused-ring (bicyclic) bond motifs is 3. The summed E-state index contributed by atoms with van der Waals surface area (Å²) < 4.78 is 32.7. The van der Waals surface area contributed by atoms with E-state index in [1.165, 1.54) is 10.8 Å². The maximum Gasteiger partial charge on any atom is 0.341 e. The first-order valence-electron chi connectivity index (χ1n) is 11.5. The van der Waals surface area contributed by atoms with Gasteiger partial charge in [0.1, 0.15) is 17.1 Å². The van der Waals surface area contributed by atoms with Crippen molar-refractivity contribution in [2.24, 2.45) is 0 Å². The molecule has 3 aliphatic rings. The Morgan fingerprint density at radius 2 is 1.82 bits per heavy atom. The van der Waals surface area contributed by atoms with Crippen LogP contribution in [-0.4, -0.2) is 45.7 Å². The van der Waals surface area contributed by atoms with Gasteiger partial charge in [-0.2, -0.15) is 0 Å². The lowest BCUT2D eigenvalue weighted by molar-refractivity contribution is 0.0694. The predicted octanol–water partition coefficient (Wildman–Crippen LogP) is 3.36. The number of hydrogen-bond acceptors (Lipinski definition) is 5. The van der Waals surface area contributed by atoms with Crippen molar-refractivity contribution >= 4 is 28.2 Å². The molecule has 9 heteroatoms. The number of aromatic nitrogens is 1. The van der Waals surface area contributed by atoms with E-state index in [9.17, 15) is 14.7 Å². The molecular weight excluding hydrogens is 442 g/mol. The zero-order valence-electron chi connectivity index (χ0n) is 18.4. The summed E-state index contributed by atoms with van der Waals surface area (Å²) in [5.74, 6) is -3.01. The lowest BCUT2D eigenvalue weighted by Gasteiger charge is -2.36. The minimum Gasteiger partial charge on any atom is -0.477 e. The number of carbonyl (C=O) groups is 1. The van der Waals surface area contributed by atoms with Crippen LogP contribution in [0.2, 0.25) is 0 Å². The maximum absolute atomic E-state index is 15.9. The van der Waals surface area contributed by atoms with Crippen LogP contribution in [0.5, 0.6) is 0 Å². The number of benzene rings is 2. The van der Waals surface area contributed by atoms with Gasteiger partial charge in [-0.3, -0.25) is 9.69 Å². The molecule has 2 bridgehead atoms. The highest BCUT2D eigenvalue weighted by molar-refractivity contribution is 5.94. The number of carboxylic acid groups (broad SMARTS) is 1. The molecule has 176 valence electrons. The minimum atomic E-state index is -1.40. The van der Waals surface area contributed by atoms with Crippen LogP contribution in [0, 0.1) is 11.6 Å². The van der Waals surface area contributed by atoms with Crippen LogP contribution in [0.15, 0.2) is 41.3 Å². The van der Waals surface area contributed by atoms with Crippen molar-refractivity contribution in [1.29, 1.82) is 0 Å². The van der Waals surface area contributed by atoms with Gasteiger partial charge in [-0.05, 0) is 43.0 Å². The van der Waals surface area contributed by atoms with Gasteiger partial charge in [0.05, 0.1) is 10.9 Å². The molecule has 34 heavy (non-hydrogen) atoms. The summed E-state index contributed by atoms with van der Waals surface area (Å²) in [6.45, 7) is 1.91. The summed E-state index contributed by atoms with van der Waals surface area (Å²) in [4.78, 5) is 28.4. The van der Waals surface area contributed by atoms with Crippen LogP contribution in [0.3, 0.4) is 0 Å². The Morgan fingerprint density at radius 3 is 2.44 bits per heavy atom. The SMILES string of the molecule is Nc1ccc(CN2CC3CC2CN3c2c(F)cc3c(=O)c(C(=O)O)cn(C4CC4)c3c2F)cc1. The first kappa shape index (κ1) is 21.1. The summed E-state index contributed by atoms with van der Waals surface area (Å²) in [6, 6.07) is 8.76. The fourth-order valence-corrected chi connectivity index (χ4v) is 5.56. The highest BCUT2D eigenvalue weighted by atomic mass is 19.1. The van der Waals surface area contributed by atoms with Crippen LogP contribution in [-0.2, 0) is 6.54 Å². The van der Waals surface area contributed by atoms with Gasteiger partial charge in [-0.15, -0.1) is 0 Å². The molecule has 0 radical (unpaired) electrons. The normalized spacial score (nSPS) is 22.1. The van der Waals surface area contributed by atoms with Crippen molar-refractivity contribution in [1.82, 2.24) is 9.47 Å². The van der Waals surface area contributed by atoms with Crippen molar-refractivity contribution in [3.8, 4) is 0 Å². The number of hydrogen-bond donors (Lipinski definition) is 2. The molecule has 7 nitrogen and oxygen atoms in total. The van der Waals surface area contributed by atoms with E-state index in [0.717, 1.165) is 37.4 Å². The molecular formula is C25H24F2N4O3. The Balaban J connectivity index is 1.36. The molecule has 2 saturated heterocycles. The average Bonchev–Trinajstić information content (AvgIpc) is 3.46. The zero-order valence-corrected chi connectivity index (χ0v) is 18.4. The number of anilines is 2. The molecule has 6 rings (SSSR count). The Kier molecular flexibility index (Phi) is 4.67. The second kappa shape index (κ2) is 7.53. The second-order valence-electron chi connectivity index (χ2n) is 9.60. The predicted molar refractivity (Wildman–Crippen MR) is 124 cm³/mol. The lowest BCUT2D eigenvalue weighted by Crippen LogP contribution is -2.46. The standard InChI is InChI=1S/C25H24F2N4O3/c26-20-8-18-22(31(15-5-6-15)12-19(24(18)32)25(33)34)21(27)23(20)30-11-16-7-17(30)10-29(16)9-13-1-3-14(28)4-2-13/h1-4,8,12,15-17H,5-7,9-11,28H2,(H,33,34). The van der Waals surface area contributed by atoms with E-state index in [-0.39, 0.29) is 34.7 Å². The summed E-state index contributed by atoms with van der Waals surface area (Å²) >= 11 is 0. The smallest absolute Gasteiger partial charge is 0.341 e. The largest absolute Gasteiger partial charge is 0.477 e. The van der Waals surface area contributed by atoms with Gasteiger partial charge in [-0.25, -0.2) is 13.6 Å². The number of carboxylic acids is 1. The molecule has 2 unspecified atom stereocenters. The van der Waals surface area contributed by atoms with E-state index in [1.807, 2.05) is 24.3 Å². The molecule has 3 fully saturated rings. The molecule has 1 saturated carbocycles. The molecule has 2 aromatic carbocycles. The van der Waals surface area contributed by atoms with E-state index in [4.69, 9.17) is 5.73 Å². The Hall–Kier alpha value is -3.46. The summed E-state index contributed by atoms with van der Waals surface area (Å²) in [7, 11) is 0. The monoisotopic (exact) mass is 466 g/mol. The minimum absolute atomic E-state index is 0.00426. The molecule has 0 spiro atoms. The Bertz CT molecular complexity index is 1380. The average molecular weight is 466 g/mol. The van der Waals surface area contributed by atoms with Gasteiger partial charge >= 0.3 is 5.97 Å².